The van der Waals surface area contributed by atoms with Crippen LogP contribution in [0.3, 0.4) is 0 Å². The zero-order valence-corrected chi connectivity index (χ0v) is 20.9. The third-order valence-corrected chi connectivity index (χ3v) is 7.41. The maximum atomic E-state index is 10.8. The average Bonchev–Trinajstić information content (AvgIpc) is 3.29. The summed E-state index contributed by atoms with van der Waals surface area (Å²) in [7, 11) is 0. The van der Waals surface area contributed by atoms with Crippen LogP contribution in [0, 0.1) is 31.6 Å². The van der Waals surface area contributed by atoms with Crippen molar-refractivity contribution in [3.8, 4) is 10.6 Å². The third-order valence-electron chi connectivity index (χ3n) is 6.37. The Kier molecular flexibility index (Phi) is 6.83. The highest BCUT2D eigenvalue weighted by atomic mass is 32.1. The van der Waals surface area contributed by atoms with Gasteiger partial charge in [0.25, 0.3) is 0 Å². The lowest BCUT2D eigenvalue weighted by molar-refractivity contribution is 0.00750. The van der Waals surface area contributed by atoms with Crippen molar-refractivity contribution in [1.82, 2.24) is 19.9 Å². The topological polar surface area (TPSA) is 116 Å². The van der Waals surface area contributed by atoms with Gasteiger partial charge in [0.2, 0.25) is 5.95 Å². The maximum Gasteiger partial charge on any atom is 0.224 e. The van der Waals surface area contributed by atoms with E-state index in [1.165, 1.54) is 0 Å². The van der Waals surface area contributed by atoms with Gasteiger partial charge in [0.05, 0.1) is 33.8 Å². The number of hydrogen-bond acceptors (Lipinski definition) is 9. The molecule has 1 aliphatic rings. The van der Waals surface area contributed by atoms with Gasteiger partial charge in [-0.05, 0) is 44.1 Å². The fourth-order valence-corrected chi connectivity index (χ4v) is 5.56. The van der Waals surface area contributed by atoms with Gasteiger partial charge in [-0.15, -0.1) is 11.3 Å². The Bertz CT molecular complexity index is 1130. The summed E-state index contributed by atoms with van der Waals surface area (Å²) in [5.41, 5.74) is 3.38. The monoisotopic (exact) mass is 470 g/mol. The second kappa shape index (κ2) is 9.48. The lowest BCUT2D eigenvalue weighted by Crippen LogP contribution is -2.36. The van der Waals surface area contributed by atoms with Crippen LogP contribution in [0.2, 0.25) is 0 Å². The molecule has 3 aromatic rings. The van der Waals surface area contributed by atoms with Gasteiger partial charge in [0.15, 0.2) is 0 Å². The second-order valence-electron chi connectivity index (χ2n) is 9.77. The molecular formula is C24H34N6O2S. The summed E-state index contributed by atoms with van der Waals surface area (Å²) in [4.78, 5) is 18.7. The molecule has 0 saturated heterocycles. The van der Waals surface area contributed by atoms with Gasteiger partial charge in [-0.2, -0.15) is 4.98 Å². The van der Waals surface area contributed by atoms with E-state index >= 15 is 0 Å². The highest BCUT2D eigenvalue weighted by Crippen LogP contribution is 2.39. The van der Waals surface area contributed by atoms with Crippen LogP contribution < -0.4 is 10.6 Å². The van der Waals surface area contributed by atoms with Crippen molar-refractivity contribution in [2.75, 3.05) is 17.2 Å². The molecule has 9 heteroatoms. The van der Waals surface area contributed by atoms with Crippen LogP contribution in [0.1, 0.15) is 45.5 Å². The van der Waals surface area contributed by atoms with Crippen molar-refractivity contribution >= 4 is 33.3 Å². The number of aryl methyl sites for hydroxylation is 2. The Balaban J connectivity index is 1.76. The number of fused-ring (bicyclic) bond motifs is 1. The molecule has 33 heavy (non-hydrogen) atoms. The van der Waals surface area contributed by atoms with E-state index in [4.69, 9.17) is 15.0 Å². The van der Waals surface area contributed by atoms with Crippen LogP contribution in [-0.4, -0.2) is 54.9 Å². The lowest BCUT2D eigenvalue weighted by Gasteiger charge is -2.21. The molecule has 4 rings (SSSR count). The average molecular weight is 471 g/mol. The number of anilines is 2. The van der Waals surface area contributed by atoms with Crippen LogP contribution in [-0.2, 0) is 0 Å². The zero-order valence-electron chi connectivity index (χ0n) is 20.1. The number of pyridine rings is 1. The van der Waals surface area contributed by atoms with Gasteiger partial charge in [0, 0.05) is 12.7 Å². The van der Waals surface area contributed by atoms with Crippen LogP contribution in [0.5, 0.6) is 0 Å². The molecule has 0 radical (unpaired) electrons. The summed E-state index contributed by atoms with van der Waals surface area (Å²) < 4.78 is 1.06. The predicted octanol–water partition coefficient (Wildman–Crippen LogP) is 4.01. The summed E-state index contributed by atoms with van der Waals surface area (Å²) in [6, 6.07) is 1.66. The van der Waals surface area contributed by atoms with Crippen LogP contribution in [0.25, 0.3) is 20.8 Å². The number of rotatable bonds is 7. The van der Waals surface area contributed by atoms with Gasteiger partial charge >= 0.3 is 0 Å². The van der Waals surface area contributed by atoms with E-state index in [0.717, 1.165) is 38.7 Å². The molecule has 4 atom stereocenters. The number of hydrogen-bond donors (Lipinski definition) is 4. The van der Waals surface area contributed by atoms with Crippen molar-refractivity contribution < 1.29 is 10.2 Å². The molecule has 0 amide bonds. The minimum Gasteiger partial charge on any atom is -0.390 e. The number of nitrogens with zero attached hydrogens (tertiary/aromatic N) is 4. The second-order valence-corrected chi connectivity index (χ2v) is 10.8. The molecular weight excluding hydrogens is 436 g/mol. The standard InChI is InChI=1S/C24H34N6O2S/c1-11(2)10-26-24-27-13(5)18(23-29-19-14(6)25-8-7-17(19)33-23)22(30-24)28-16-9-15(12(3)4)20(31)21(16)32/h7-8,11-12,15-16,20-21,31-32H,9-10H2,1-6H3,(H2,26,27,28,30). The molecule has 0 bridgehead atoms. The Hall–Kier alpha value is -2.36. The normalized spacial score (nSPS) is 23.1. The summed E-state index contributed by atoms with van der Waals surface area (Å²) in [5, 5.41) is 28.9. The summed E-state index contributed by atoms with van der Waals surface area (Å²) in [6.07, 6.45) is 0.835. The fraction of sp³-hybridized carbons (Fsp3) is 0.583. The number of aliphatic hydroxyl groups is 2. The predicted molar refractivity (Wildman–Crippen MR) is 134 cm³/mol. The van der Waals surface area contributed by atoms with Gasteiger partial charge in [0.1, 0.15) is 22.4 Å². The van der Waals surface area contributed by atoms with Gasteiger partial charge in [-0.1, -0.05) is 27.7 Å². The molecule has 1 fully saturated rings. The smallest absolute Gasteiger partial charge is 0.224 e. The first kappa shape index (κ1) is 23.8. The molecule has 0 spiro atoms. The third kappa shape index (κ3) is 4.81. The SMILES string of the molecule is Cc1nc(NCC(C)C)nc(NC2CC(C(C)C)C(O)C2O)c1-c1nc2c(C)nccc2s1. The van der Waals surface area contributed by atoms with E-state index in [0.29, 0.717) is 24.1 Å². The van der Waals surface area contributed by atoms with E-state index in [1.807, 2.05) is 19.9 Å². The van der Waals surface area contributed by atoms with Crippen molar-refractivity contribution in [2.24, 2.45) is 17.8 Å². The largest absolute Gasteiger partial charge is 0.390 e. The Morgan fingerprint density at radius 2 is 1.82 bits per heavy atom. The van der Waals surface area contributed by atoms with Crippen molar-refractivity contribution in [2.45, 2.75) is 66.2 Å². The first-order valence-electron chi connectivity index (χ1n) is 11.6. The van der Waals surface area contributed by atoms with E-state index < -0.39 is 12.2 Å². The zero-order chi connectivity index (χ0) is 23.9. The Morgan fingerprint density at radius 1 is 1.06 bits per heavy atom. The highest BCUT2D eigenvalue weighted by Gasteiger charge is 2.43. The maximum absolute atomic E-state index is 10.8. The molecule has 4 N–H and O–H groups in total. The minimum absolute atomic E-state index is 0.0265. The summed E-state index contributed by atoms with van der Waals surface area (Å²) in [5.74, 6) is 1.91. The lowest BCUT2D eigenvalue weighted by atomic mass is 9.92. The van der Waals surface area contributed by atoms with E-state index in [2.05, 4.69) is 43.3 Å². The van der Waals surface area contributed by atoms with Gasteiger partial charge < -0.3 is 20.8 Å². The summed E-state index contributed by atoms with van der Waals surface area (Å²) in [6.45, 7) is 13.1. The van der Waals surface area contributed by atoms with Crippen LogP contribution in [0.4, 0.5) is 11.8 Å². The first-order valence-corrected chi connectivity index (χ1v) is 12.4. The number of aromatic nitrogens is 4. The number of aliphatic hydroxyl groups excluding tert-OH is 2. The van der Waals surface area contributed by atoms with E-state index in [-0.39, 0.29) is 17.9 Å². The molecule has 0 aliphatic heterocycles. The van der Waals surface area contributed by atoms with Crippen molar-refractivity contribution in [3.05, 3.63) is 23.7 Å². The molecule has 1 aliphatic carbocycles. The van der Waals surface area contributed by atoms with E-state index in [1.54, 1.807) is 17.5 Å². The first-order chi connectivity index (χ1) is 15.7. The van der Waals surface area contributed by atoms with Gasteiger partial charge in [-0.3, -0.25) is 4.98 Å². The molecule has 3 aromatic heterocycles. The molecule has 8 nitrogen and oxygen atoms in total. The quantitative estimate of drug-likeness (QED) is 0.409. The molecule has 1 saturated carbocycles. The van der Waals surface area contributed by atoms with Crippen molar-refractivity contribution in [3.63, 3.8) is 0 Å². The minimum atomic E-state index is -0.866. The molecule has 4 unspecified atom stereocenters. The van der Waals surface area contributed by atoms with Gasteiger partial charge in [-0.25, -0.2) is 9.97 Å². The number of nitrogens with one attached hydrogen (secondary N) is 2. The summed E-state index contributed by atoms with van der Waals surface area (Å²) >= 11 is 1.58. The van der Waals surface area contributed by atoms with Crippen LogP contribution >= 0.6 is 11.3 Å². The van der Waals surface area contributed by atoms with Crippen LogP contribution in [0.15, 0.2) is 12.3 Å². The molecule has 3 heterocycles. The fourth-order valence-electron chi connectivity index (χ4n) is 4.45. The van der Waals surface area contributed by atoms with E-state index in [9.17, 15) is 10.2 Å². The Labute approximate surface area is 198 Å². The molecule has 178 valence electrons. The molecule has 0 aromatic carbocycles. The highest BCUT2D eigenvalue weighted by molar-refractivity contribution is 7.21. The number of thiazole rings is 1. The van der Waals surface area contributed by atoms with Crippen molar-refractivity contribution in [1.29, 1.82) is 0 Å². The Morgan fingerprint density at radius 3 is 2.45 bits per heavy atom.